The molecule has 2 heterocycles. The third-order valence-corrected chi connectivity index (χ3v) is 6.49. The van der Waals surface area contributed by atoms with E-state index in [1.165, 1.54) is 16.3 Å². The molecule has 29 heavy (non-hydrogen) atoms. The van der Waals surface area contributed by atoms with Crippen LogP contribution in [0.4, 0.5) is 0 Å². The lowest BCUT2D eigenvalue weighted by molar-refractivity contribution is 0.0919. The number of carbonyl (C=O) groups excluding carboxylic acids is 1. The number of fused-ring (bicyclic) bond motifs is 2. The summed E-state index contributed by atoms with van der Waals surface area (Å²) < 4.78 is 1.74. The molecule has 1 saturated carbocycles. The average Bonchev–Trinajstić information content (AvgIpc) is 3.21. The van der Waals surface area contributed by atoms with Crippen LogP contribution in [0.2, 0.25) is 0 Å². The van der Waals surface area contributed by atoms with Crippen molar-refractivity contribution in [1.82, 2.24) is 14.9 Å². The molecule has 0 unspecified atom stereocenters. The molecule has 2 aliphatic rings. The molecule has 0 spiro atoms. The smallest absolute Gasteiger partial charge is 0.315 e. The molecule has 5 rings (SSSR count). The summed E-state index contributed by atoms with van der Waals surface area (Å²) in [5.41, 5.74) is 0.461. The first kappa shape index (κ1) is 17.9. The lowest BCUT2D eigenvalue weighted by atomic mass is 9.74. The monoisotopic (exact) mass is 389 g/mol. The number of aromatic hydroxyl groups is 1. The van der Waals surface area contributed by atoms with Crippen molar-refractivity contribution in [3.8, 4) is 5.75 Å². The highest BCUT2D eigenvalue weighted by atomic mass is 16.3. The molecule has 1 fully saturated rings. The van der Waals surface area contributed by atoms with Gasteiger partial charge in [-0.1, -0.05) is 55.3 Å². The minimum Gasteiger partial charge on any atom is -0.501 e. The van der Waals surface area contributed by atoms with Gasteiger partial charge in [-0.25, -0.2) is 0 Å². The highest BCUT2D eigenvalue weighted by Crippen LogP contribution is 2.46. The van der Waals surface area contributed by atoms with Gasteiger partial charge >= 0.3 is 5.56 Å². The van der Waals surface area contributed by atoms with Crippen molar-refractivity contribution < 1.29 is 9.90 Å². The SMILES string of the molecule is O=C1NCCn2c(CC3(c4cccc5ccccc45)CCCC3)nc(=O)c(O)c21. The largest absolute Gasteiger partial charge is 0.501 e. The van der Waals surface area contributed by atoms with Crippen LogP contribution < -0.4 is 10.9 Å². The Morgan fingerprint density at radius 2 is 1.83 bits per heavy atom. The number of nitrogens with one attached hydrogen (secondary N) is 1. The molecule has 0 radical (unpaired) electrons. The second-order valence-corrected chi connectivity index (χ2v) is 8.13. The second-order valence-electron chi connectivity index (χ2n) is 8.13. The molecule has 0 bridgehead atoms. The number of benzene rings is 2. The minimum atomic E-state index is -0.727. The second kappa shape index (κ2) is 6.72. The van der Waals surface area contributed by atoms with Crippen molar-refractivity contribution in [3.05, 3.63) is 69.9 Å². The van der Waals surface area contributed by atoms with Gasteiger partial charge in [0, 0.05) is 24.9 Å². The van der Waals surface area contributed by atoms with E-state index >= 15 is 0 Å². The van der Waals surface area contributed by atoms with Gasteiger partial charge in [0.15, 0.2) is 5.69 Å². The summed E-state index contributed by atoms with van der Waals surface area (Å²) >= 11 is 0. The standard InChI is InChI=1S/C23H23N3O3/c27-20-19-21(28)24-12-13-26(19)18(25-22(20)29)14-23(10-3-4-11-23)17-9-5-7-15-6-1-2-8-16(15)17/h1-2,5-9,27H,3-4,10-14H2,(H,24,28). The highest BCUT2D eigenvalue weighted by molar-refractivity contribution is 5.95. The Balaban J connectivity index is 1.68. The van der Waals surface area contributed by atoms with Gasteiger partial charge in [0.05, 0.1) is 0 Å². The molecule has 0 saturated heterocycles. The quantitative estimate of drug-likeness (QED) is 0.721. The molecular weight excluding hydrogens is 366 g/mol. The molecule has 6 heteroatoms. The maximum absolute atomic E-state index is 12.3. The van der Waals surface area contributed by atoms with Crippen LogP contribution in [0.25, 0.3) is 10.8 Å². The van der Waals surface area contributed by atoms with Crippen LogP contribution in [0.15, 0.2) is 47.3 Å². The van der Waals surface area contributed by atoms with Crippen molar-refractivity contribution in [1.29, 1.82) is 0 Å². The van der Waals surface area contributed by atoms with Crippen molar-refractivity contribution >= 4 is 16.7 Å². The zero-order chi connectivity index (χ0) is 20.0. The van der Waals surface area contributed by atoms with E-state index in [-0.39, 0.29) is 11.1 Å². The van der Waals surface area contributed by atoms with Crippen LogP contribution >= 0.6 is 0 Å². The van der Waals surface area contributed by atoms with Gasteiger partial charge in [0.1, 0.15) is 5.82 Å². The number of amides is 1. The molecule has 1 aliphatic carbocycles. The summed E-state index contributed by atoms with van der Waals surface area (Å²) in [6.45, 7) is 0.965. The summed E-state index contributed by atoms with van der Waals surface area (Å²) in [6.07, 6.45) is 4.85. The lowest BCUT2D eigenvalue weighted by Gasteiger charge is -2.33. The lowest BCUT2D eigenvalue weighted by Crippen LogP contribution is -2.41. The number of hydrogen-bond acceptors (Lipinski definition) is 4. The van der Waals surface area contributed by atoms with Crippen LogP contribution in [0.5, 0.6) is 5.75 Å². The van der Waals surface area contributed by atoms with E-state index in [0.717, 1.165) is 25.7 Å². The molecule has 6 nitrogen and oxygen atoms in total. The normalized spacial score (nSPS) is 17.9. The van der Waals surface area contributed by atoms with Crippen molar-refractivity contribution in [2.45, 2.75) is 44.1 Å². The van der Waals surface area contributed by atoms with Crippen LogP contribution in [0, 0.1) is 0 Å². The van der Waals surface area contributed by atoms with E-state index in [2.05, 4.69) is 46.7 Å². The number of hydrogen-bond donors (Lipinski definition) is 2. The number of carbonyl (C=O) groups is 1. The number of aromatic nitrogens is 2. The van der Waals surface area contributed by atoms with E-state index in [1.54, 1.807) is 4.57 Å². The summed E-state index contributed by atoms with van der Waals surface area (Å²) in [4.78, 5) is 28.9. The predicted molar refractivity (Wildman–Crippen MR) is 110 cm³/mol. The number of rotatable bonds is 3. The molecule has 148 valence electrons. The minimum absolute atomic E-state index is 0.0392. The Kier molecular flexibility index (Phi) is 4.15. The fourth-order valence-corrected chi connectivity index (χ4v) is 5.14. The van der Waals surface area contributed by atoms with Gasteiger partial charge in [-0.05, 0) is 29.2 Å². The third kappa shape index (κ3) is 2.82. The van der Waals surface area contributed by atoms with Crippen molar-refractivity contribution in [3.63, 3.8) is 0 Å². The van der Waals surface area contributed by atoms with Gasteiger partial charge in [0.25, 0.3) is 5.91 Å². The van der Waals surface area contributed by atoms with E-state index in [1.807, 2.05) is 6.07 Å². The maximum Gasteiger partial charge on any atom is 0.315 e. The Hall–Kier alpha value is -3.15. The molecule has 2 aromatic carbocycles. The summed E-state index contributed by atoms with van der Waals surface area (Å²) in [5.74, 6) is -0.385. The van der Waals surface area contributed by atoms with E-state index in [9.17, 15) is 14.7 Å². The fourth-order valence-electron chi connectivity index (χ4n) is 5.14. The third-order valence-electron chi connectivity index (χ3n) is 6.49. The molecule has 3 aromatic rings. The Morgan fingerprint density at radius 1 is 1.07 bits per heavy atom. The zero-order valence-electron chi connectivity index (χ0n) is 16.1. The topological polar surface area (TPSA) is 84.2 Å². The van der Waals surface area contributed by atoms with Gasteiger partial charge in [-0.2, -0.15) is 4.98 Å². The van der Waals surface area contributed by atoms with Crippen molar-refractivity contribution in [2.24, 2.45) is 0 Å². The van der Waals surface area contributed by atoms with Gasteiger partial charge < -0.3 is 15.0 Å². The van der Waals surface area contributed by atoms with Crippen LogP contribution in [0.1, 0.15) is 47.6 Å². The summed E-state index contributed by atoms with van der Waals surface area (Å²) in [5, 5.41) is 15.3. The fraction of sp³-hybridized carbons (Fsp3) is 0.348. The average molecular weight is 389 g/mol. The first-order valence-electron chi connectivity index (χ1n) is 10.2. The Bertz CT molecular complexity index is 1170. The predicted octanol–water partition coefficient (Wildman–Crippen LogP) is 2.90. The first-order chi connectivity index (χ1) is 14.1. The zero-order valence-corrected chi connectivity index (χ0v) is 16.1. The van der Waals surface area contributed by atoms with Crippen LogP contribution in [0.3, 0.4) is 0 Å². The Morgan fingerprint density at radius 3 is 2.66 bits per heavy atom. The summed E-state index contributed by atoms with van der Waals surface area (Å²) in [7, 11) is 0. The molecular formula is C23H23N3O3. The van der Waals surface area contributed by atoms with Crippen LogP contribution in [-0.2, 0) is 18.4 Å². The molecule has 2 N–H and O–H groups in total. The maximum atomic E-state index is 12.3. The Labute approximate surface area is 168 Å². The first-order valence-corrected chi connectivity index (χ1v) is 10.2. The molecule has 1 amide bonds. The van der Waals surface area contributed by atoms with Gasteiger partial charge in [-0.15, -0.1) is 0 Å². The molecule has 0 atom stereocenters. The van der Waals surface area contributed by atoms with Gasteiger partial charge in [-0.3, -0.25) is 9.59 Å². The van der Waals surface area contributed by atoms with E-state index in [0.29, 0.717) is 25.3 Å². The van der Waals surface area contributed by atoms with E-state index in [4.69, 9.17) is 0 Å². The van der Waals surface area contributed by atoms with Crippen LogP contribution in [-0.4, -0.2) is 27.1 Å². The molecule has 1 aliphatic heterocycles. The summed E-state index contributed by atoms with van der Waals surface area (Å²) in [6, 6.07) is 14.8. The molecule has 1 aromatic heterocycles. The van der Waals surface area contributed by atoms with E-state index < -0.39 is 17.2 Å². The van der Waals surface area contributed by atoms with Gasteiger partial charge in [0.2, 0.25) is 5.75 Å². The highest BCUT2D eigenvalue weighted by Gasteiger charge is 2.39. The number of nitrogens with zero attached hydrogens (tertiary/aromatic N) is 2. The van der Waals surface area contributed by atoms with Crippen molar-refractivity contribution in [2.75, 3.05) is 6.54 Å².